The average molecular weight is 992 g/mol. The Morgan fingerprint density at radius 2 is 0.840 bits per heavy atom. The second-order valence-electron chi connectivity index (χ2n) is 19.3. The summed E-state index contributed by atoms with van der Waals surface area (Å²) in [5.74, 6) is 0. The Kier molecular flexibility index (Phi) is 10.3. The summed E-state index contributed by atoms with van der Waals surface area (Å²) in [5, 5.41) is 10.0. The van der Waals surface area contributed by atoms with Crippen LogP contribution in [0.3, 0.4) is 0 Å². The highest BCUT2D eigenvalue weighted by atomic mass is 32.1. The molecular weight excluding hydrogens is 947 g/mol. The summed E-state index contributed by atoms with van der Waals surface area (Å²) in [5.41, 5.74) is 14.7. The van der Waals surface area contributed by atoms with Gasteiger partial charge in [0.25, 0.3) is 0 Å². The van der Waals surface area contributed by atoms with Crippen LogP contribution in [0.2, 0.25) is 0 Å². The van der Waals surface area contributed by atoms with Crippen LogP contribution in [0.4, 0.5) is 34.1 Å². The molecule has 75 heavy (non-hydrogen) atoms. The molecule has 12 aromatic carbocycles. The second kappa shape index (κ2) is 17.7. The van der Waals surface area contributed by atoms with Crippen molar-refractivity contribution < 1.29 is 0 Å². The highest BCUT2D eigenvalue weighted by molar-refractivity contribution is 7.26. The number of fused-ring (bicyclic) bond motifs is 11. The molecular formula is C70H45N3S2. The Labute approximate surface area is 442 Å². The van der Waals surface area contributed by atoms with Crippen molar-refractivity contribution in [3.05, 3.63) is 273 Å². The molecule has 0 unspecified atom stereocenters. The average Bonchev–Trinajstić information content (AvgIpc) is 4.21. The maximum absolute atomic E-state index is 2.46. The standard InChI is InChI=1S/C70H45N3S2/c1-4-18-50(19-5-1)71(51-20-6-2-7-21-51)55-41-49(48-34-39-65-63(43-48)61-38-33-46-17-10-11-24-57(46)69(61)73(65)52-22-8-3-9-23-52)42-56(44-55)72(54-37-40-68-64(45-54)60-26-13-14-29-66(60)74-68)53-35-31-47(32-36-53)58-27-16-28-62-59-25-12-15-30-67(59)75-70(58)62/h1-45H. The minimum atomic E-state index is 1.05. The third-order valence-corrected chi connectivity index (χ3v) is 17.3. The lowest BCUT2D eigenvalue weighted by Crippen LogP contribution is -2.13. The van der Waals surface area contributed by atoms with Gasteiger partial charge in [0.2, 0.25) is 0 Å². The van der Waals surface area contributed by atoms with E-state index in [1.54, 1.807) is 0 Å². The summed E-state index contributed by atoms with van der Waals surface area (Å²) in [6.45, 7) is 0. The van der Waals surface area contributed by atoms with Gasteiger partial charge in [-0.2, -0.15) is 0 Å². The summed E-state index contributed by atoms with van der Waals surface area (Å²) in [6, 6.07) is 100. The predicted molar refractivity (Wildman–Crippen MR) is 324 cm³/mol. The van der Waals surface area contributed by atoms with Gasteiger partial charge in [-0.1, -0.05) is 164 Å². The van der Waals surface area contributed by atoms with Crippen LogP contribution in [0.5, 0.6) is 0 Å². The van der Waals surface area contributed by atoms with Gasteiger partial charge in [0, 0.05) is 96.3 Å². The van der Waals surface area contributed by atoms with Crippen LogP contribution in [0, 0.1) is 0 Å². The zero-order valence-corrected chi connectivity index (χ0v) is 42.3. The Bertz CT molecular complexity index is 4610. The van der Waals surface area contributed by atoms with Crippen molar-refractivity contribution in [2.75, 3.05) is 9.80 Å². The van der Waals surface area contributed by atoms with E-state index >= 15 is 0 Å². The SMILES string of the molecule is c1ccc(N(c2ccccc2)c2cc(-c3ccc4c(c3)c3ccc5ccccc5c3n4-c3ccccc3)cc(N(c3ccc(-c4cccc5c4sc4ccccc45)cc3)c3ccc4sc5ccccc5c4c3)c2)cc1. The van der Waals surface area contributed by atoms with Crippen molar-refractivity contribution in [1.29, 1.82) is 0 Å². The number of rotatable bonds is 9. The lowest BCUT2D eigenvalue weighted by molar-refractivity contribution is 1.19. The molecule has 0 atom stereocenters. The van der Waals surface area contributed by atoms with E-state index in [9.17, 15) is 0 Å². The van der Waals surface area contributed by atoms with Crippen LogP contribution >= 0.6 is 22.7 Å². The van der Waals surface area contributed by atoms with E-state index in [0.29, 0.717) is 0 Å². The van der Waals surface area contributed by atoms with Gasteiger partial charge in [0.1, 0.15) is 0 Å². The van der Waals surface area contributed by atoms with Crippen LogP contribution in [-0.4, -0.2) is 4.57 Å². The van der Waals surface area contributed by atoms with E-state index in [1.807, 2.05) is 22.7 Å². The van der Waals surface area contributed by atoms with E-state index in [2.05, 4.69) is 287 Å². The zero-order chi connectivity index (χ0) is 49.4. The Hall–Kier alpha value is -9.26. The van der Waals surface area contributed by atoms with Gasteiger partial charge >= 0.3 is 0 Å². The lowest BCUT2D eigenvalue weighted by Gasteiger charge is -2.30. The lowest BCUT2D eigenvalue weighted by atomic mass is 9.99. The van der Waals surface area contributed by atoms with Crippen molar-refractivity contribution in [3.8, 4) is 27.9 Å². The molecule has 3 heterocycles. The summed E-state index contributed by atoms with van der Waals surface area (Å²) < 4.78 is 7.64. The summed E-state index contributed by atoms with van der Waals surface area (Å²) >= 11 is 3.73. The normalized spacial score (nSPS) is 11.7. The molecule has 3 aromatic heterocycles. The minimum absolute atomic E-state index is 1.05. The Morgan fingerprint density at radius 3 is 1.57 bits per heavy atom. The van der Waals surface area contributed by atoms with Gasteiger partial charge in [-0.3, -0.25) is 0 Å². The van der Waals surface area contributed by atoms with Crippen LogP contribution < -0.4 is 9.80 Å². The number of hydrogen-bond acceptors (Lipinski definition) is 4. The van der Waals surface area contributed by atoms with Crippen molar-refractivity contribution >= 4 is 130 Å². The molecule has 0 radical (unpaired) electrons. The van der Waals surface area contributed by atoms with Gasteiger partial charge in [0.15, 0.2) is 0 Å². The van der Waals surface area contributed by atoms with Crippen LogP contribution in [0.1, 0.15) is 0 Å². The largest absolute Gasteiger partial charge is 0.310 e. The number of hydrogen-bond donors (Lipinski definition) is 0. The van der Waals surface area contributed by atoms with Crippen molar-refractivity contribution in [2.45, 2.75) is 0 Å². The Morgan fingerprint density at radius 1 is 0.280 bits per heavy atom. The second-order valence-corrected chi connectivity index (χ2v) is 21.4. The molecule has 0 aliphatic carbocycles. The molecule has 0 saturated carbocycles. The topological polar surface area (TPSA) is 11.4 Å². The zero-order valence-electron chi connectivity index (χ0n) is 40.6. The monoisotopic (exact) mass is 991 g/mol. The highest BCUT2D eigenvalue weighted by Crippen LogP contribution is 2.47. The van der Waals surface area contributed by atoms with E-state index in [-0.39, 0.29) is 0 Å². The van der Waals surface area contributed by atoms with Gasteiger partial charge in [-0.05, 0) is 137 Å². The molecule has 0 aliphatic heterocycles. The molecule has 0 fully saturated rings. The molecule has 0 aliphatic rings. The van der Waals surface area contributed by atoms with Crippen molar-refractivity contribution in [1.82, 2.24) is 4.57 Å². The van der Waals surface area contributed by atoms with E-state index in [1.165, 1.54) is 84.0 Å². The number of para-hydroxylation sites is 3. The molecule has 3 nitrogen and oxygen atoms in total. The molecule has 0 amide bonds. The number of thiophene rings is 2. The fraction of sp³-hybridized carbons (Fsp3) is 0. The summed E-state index contributed by atoms with van der Waals surface area (Å²) in [4.78, 5) is 4.85. The first kappa shape index (κ1) is 43.3. The van der Waals surface area contributed by atoms with Crippen molar-refractivity contribution in [3.63, 3.8) is 0 Å². The third kappa shape index (κ3) is 7.31. The molecule has 0 saturated heterocycles. The fourth-order valence-electron chi connectivity index (χ4n) is 11.5. The third-order valence-electron chi connectivity index (χ3n) is 14.9. The van der Waals surface area contributed by atoms with Crippen LogP contribution in [0.25, 0.3) is 101 Å². The smallest absolute Gasteiger partial charge is 0.0619 e. The van der Waals surface area contributed by atoms with Crippen molar-refractivity contribution in [2.24, 2.45) is 0 Å². The Balaban J connectivity index is 0.977. The number of aromatic nitrogens is 1. The molecule has 0 N–H and O–H groups in total. The maximum atomic E-state index is 2.46. The predicted octanol–water partition coefficient (Wildman–Crippen LogP) is 20.9. The molecule has 0 spiro atoms. The van der Waals surface area contributed by atoms with E-state index in [4.69, 9.17) is 0 Å². The first-order chi connectivity index (χ1) is 37.2. The molecule has 15 rings (SSSR count). The number of nitrogens with zero attached hydrogens (tertiary/aromatic N) is 3. The van der Waals surface area contributed by atoms with Gasteiger partial charge in [-0.25, -0.2) is 0 Å². The molecule has 0 bridgehead atoms. The van der Waals surface area contributed by atoms with Crippen LogP contribution in [0.15, 0.2) is 273 Å². The number of benzene rings is 12. The highest BCUT2D eigenvalue weighted by Gasteiger charge is 2.23. The molecule has 15 aromatic rings. The summed E-state index contributed by atoms with van der Waals surface area (Å²) in [6.07, 6.45) is 0. The molecule has 352 valence electrons. The van der Waals surface area contributed by atoms with Gasteiger partial charge in [0.05, 0.1) is 11.0 Å². The van der Waals surface area contributed by atoms with Crippen LogP contribution in [-0.2, 0) is 0 Å². The van der Waals surface area contributed by atoms with E-state index < -0.39 is 0 Å². The fourth-order valence-corrected chi connectivity index (χ4v) is 13.8. The van der Waals surface area contributed by atoms with E-state index in [0.717, 1.165) is 50.9 Å². The van der Waals surface area contributed by atoms with Gasteiger partial charge in [-0.15, -0.1) is 22.7 Å². The first-order valence-electron chi connectivity index (χ1n) is 25.5. The number of anilines is 6. The molecule has 5 heteroatoms. The first-order valence-corrected chi connectivity index (χ1v) is 27.1. The minimum Gasteiger partial charge on any atom is -0.310 e. The summed E-state index contributed by atoms with van der Waals surface area (Å²) in [7, 11) is 0. The maximum Gasteiger partial charge on any atom is 0.0619 e. The van der Waals surface area contributed by atoms with Gasteiger partial charge < -0.3 is 14.4 Å². The quantitative estimate of drug-likeness (QED) is 0.143.